The Kier molecular flexibility index (Phi) is 4.20. The molecular weight excluding hydrogens is 286 g/mol. The van der Waals surface area contributed by atoms with Gasteiger partial charge in [0.05, 0.1) is 5.02 Å². The highest BCUT2D eigenvalue weighted by Gasteiger charge is 2.10. The van der Waals surface area contributed by atoms with Crippen molar-refractivity contribution >= 4 is 17.4 Å². The largest absolute Gasteiger partial charge is 0.486 e. The molecule has 0 amide bonds. The van der Waals surface area contributed by atoms with E-state index in [1.807, 2.05) is 0 Å². The van der Waals surface area contributed by atoms with E-state index in [4.69, 9.17) is 27.5 Å². The maximum Gasteiger partial charge on any atom is 0.183 e. The monoisotopic (exact) mass is 296 g/mol. The number of hydrogen-bond donors (Lipinski definition) is 2. The zero-order chi connectivity index (χ0) is 14.7. The van der Waals surface area contributed by atoms with E-state index < -0.39 is 11.6 Å². The number of nitrogens with two attached hydrogens (primary N) is 1. The van der Waals surface area contributed by atoms with E-state index in [1.54, 1.807) is 0 Å². The lowest BCUT2D eigenvalue weighted by Gasteiger charge is -2.09. The zero-order valence-corrected chi connectivity index (χ0v) is 11.0. The third kappa shape index (κ3) is 3.05. The first-order chi connectivity index (χ1) is 9.49. The molecule has 20 heavy (non-hydrogen) atoms. The van der Waals surface area contributed by atoms with E-state index in [1.165, 1.54) is 30.3 Å². The summed E-state index contributed by atoms with van der Waals surface area (Å²) >= 11 is 5.62. The van der Waals surface area contributed by atoms with Gasteiger partial charge in [0, 0.05) is 11.1 Å². The Balaban J connectivity index is 2.15. The SMILES string of the molecule is N=C(N)c1ccc(COc2cccc(Cl)c2F)c(F)c1. The van der Waals surface area contributed by atoms with Gasteiger partial charge in [-0.25, -0.2) is 8.78 Å². The van der Waals surface area contributed by atoms with E-state index in [9.17, 15) is 8.78 Å². The Bertz CT molecular complexity index is 662. The Morgan fingerprint density at radius 2 is 2.00 bits per heavy atom. The van der Waals surface area contributed by atoms with Crippen molar-refractivity contribution < 1.29 is 13.5 Å². The Morgan fingerprint density at radius 3 is 2.65 bits per heavy atom. The number of ether oxygens (including phenoxy) is 1. The third-order valence-corrected chi connectivity index (χ3v) is 2.96. The first kappa shape index (κ1) is 14.3. The average molecular weight is 297 g/mol. The van der Waals surface area contributed by atoms with Crippen LogP contribution in [0.1, 0.15) is 11.1 Å². The summed E-state index contributed by atoms with van der Waals surface area (Å²) in [6, 6.07) is 8.41. The lowest BCUT2D eigenvalue weighted by molar-refractivity contribution is 0.285. The molecule has 3 nitrogen and oxygen atoms in total. The van der Waals surface area contributed by atoms with E-state index in [-0.39, 0.29) is 34.3 Å². The van der Waals surface area contributed by atoms with Crippen LogP contribution in [0.3, 0.4) is 0 Å². The van der Waals surface area contributed by atoms with Gasteiger partial charge in [-0.15, -0.1) is 0 Å². The van der Waals surface area contributed by atoms with E-state index >= 15 is 0 Å². The molecule has 104 valence electrons. The van der Waals surface area contributed by atoms with E-state index in [0.717, 1.165) is 6.07 Å². The van der Waals surface area contributed by atoms with Crippen LogP contribution in [0.5, 0.6) is 5.75 Å². The van der Waals surface area contributed by atoms with E-state index in [2.05, 4.69) is 0 Å². The number of amidine groups is 1. The highest BCUT2D eigenvalue weighted by atomic mass is 35.5. The van der Waals surface area contributed by atoms with Crippen molar-refractivity contribution in [2.75, 3.05) is 0 Å². The Morgan fingerprint density at radius 1 is 1.25 bits per heavy atom. The molecular formula is C14H11ClF2N2O. The molecule has 0 spiro atoms. The molecule has 0 aliphatic heterocycles. The maximum atomic E-state index is 13.7. The summed E-state index contributed by atoms with van der Waals surface area (Å²) < 4.78 is 32.5. The number of benzene rings is 2. The van der Waals surface area contributed by atoms with Crippen molar-refractivity contribution in [2.45, 2.75) is 6.61 Å². The van der Waals surface area contributed by atoms with Gasteiger partial charge in [-0.3, -0.25) is 5.41 Å². The van der Waals surface area contributed by atoms with Crippen LogP contribution in [0.25, 0.3) is 0 Å². The molecule has 0 aliphatic carbocycles. The second-order valence-electron chi connectivity index (χ2n) is 4.06. The molecule has 2 aromatic carbocycles. The summed E-state index contributed by atoms with van der Waals surface area (Å²) in [6.45, 7) is -0.152. The molecule has 0 atom stereocenters. The zero-order valence-electron chi connectivity index (χ0n) is 10.3. The van der Waals surface area contributed by atoms with E-state index in [0.29, 0.717) is 0 Å². The molecule has 0 radical (unpaired) electrons. The van der Waals surface area contributed by atoms with Crippen LogP contribution in [0.2, 0.25) is 5.02 Å². The molecule has 2 aromatic rings. The molecule has 0 saturated carbocycles. The topological polar surface area (TPSA) is 59.1 Å². The summed E-state index contributed by atoms with van der Waals surface area (Å²) in [5.74, 6) is -1.53. The van der Waals surface area contributed by atoms with Crippen LogP contribution in [0, 0.1) is 17.0 Å². The number of nitrogen functional groups attached to an aromatic ring is 1. The minimum Gasteiger partial charge on any atom is -0.486 e. The summed E-state index contributed by atoms with van der Waals surface area (Å²) in [4.78, 5) is 0. The van der Waals surface area contributed by atoms with Crippen molar-refractivity contribution in [2.24, 2.45) is 5.73 Å². The minimum atomic E-state index is -0.685. The summed E-state index contributed by atoms with van der Waals surface area (Å²) in [5, 5.41) is 7.15. The smallest absolute Gasteiger partial charge is 0.183 e. The highest BCUT2D eigenvalue weighted by molar-refractivity contribution is 6.30. The molecule has 0 aliphatic rings. The molecule has 2 rings (SSSR count). The molecule has 0 heterocycles. The lowest BCUT2D eigenvalue weighted by Crippen LogP contribution is -2.12. The number of rotatable bonds is 4. The normalized spacial score (nSPS) is 10.3. The number of nitrogens with one attached hydrogen (secondary N) is 1. The van der Waals surface area contributed by atoms with Crippen molar-refractivity contribution in [3.05, 3.63) is 64.2 Å². The number of hydrogen-bond acceptors (Lipinski definition) is 2. The van der Waals surface area contributed by atoms with Gasteiger partial charge in [0.2, 0.25) is 0 Å². The summed E-state index contributed by atoms with van der Waals surface area (Å²) in [7, 11) is 0. The lowest BCUT2D eigenvalue weighted by atomic mass is 10.1. The Hall–Kier alpha value is -2.14. The molecule has 0 aromatic heterocycles. The first-order valence-electron chi connectivity index (χ1n) is 5.68. The summed E-state index contributed by atoms with van der Waals surface area (Å²) in [6.07, 6.45) is 0. The second kappa shape index (κ2) is 5.88. The molecule has 3 N–H and O–H groups in total. The molecule has 0 unspecified atom stereocenters. The van der Waals surface area contributed by atoms with Crippen LogP contribution in [-0.4, -0.2) is 5.84 Å². The fourth-order valence-corrected chi connectivity index (χ4v) is 1.75. The maximum absolute atomic E-state index is 13.7. The van der Waals surface area contributed by atoms with Crippen molar-refractivity contribution in [1.82, 2.24) is 0 Å². The van der Waals surface area contributed by atoms with Gasteiger partial charge in [-0.2, -0.15) is 0 Å². The molecule has 0 bridgehead atoms. The van der Waals surface area contributed by atoms with Crippen molar-refractivity contribution in [3.8, 4) is 5.75 Å². The quantitative estimate of drug-likeness (QED) is 0.670. The average Bonchev–Trinajstić information content (AvgIpc) is 2.41. The third-order valence-electron chi connectivity index (χ3n) is 2.66. The predicted molar refractivity (Wildman–Crippen MR) is 73.2 cm³/mol. The van der Waals surface area contributed by atoms with Gasteiger partial charge in [-0.1, -0.05) is 29.8 Å². The van der Waals surface area contributed by atoms with Gasteiger partial charge in [-0.05, 0) is 18.2 Å². The van der Waals surface area contributed by atoms with Gasteiger partial charge in [0.1, 0.15) is 18.3 Å². The van der Waals surface area contributed by atoms with Gasteiger partial charge < -0.3 is 10.5 Å². The number of halogens is 3. The summed E-state index contributed by atoms with van der Waals surface area (Å²) in [5.41, 5.74) is 5.76. The first-order valence-corrected chi connectivity index (χ1v) is 6.06. The van der Waals surface area contributed by atoms with Crippen molar-refractivity contribution in [1.29, 1.82) is 5.41 Å². The Labute approximate surface area is 119 Å². The molecule has 6 heteroatoms. The fraction of sp³-hybridized carbons (Fsp3) is 0.0714. The van der Waals surface area contributed by atoms with Crippen LogP contribution < -0.4 is 10.5 Å². The standard InChI is InChI=1S/C14H11ClF2N2O/c15-10-2-1-3-12(13(10)17)20-7-9-5-4-8(14(18)19)6-11(9)16/h1-6H,7H2,(H3,18,19). The predicted octanol–water partition coefficient (Wildman–Crippen LogP) is 3.48. The van der Waals surface area contributed by atoms with Gasteiger partial charge >= 0.3 is 0 Å². The van der Waals surface area contributed by atoms with Crippen LogP contribution in [0.4, 0.5) is 8.78 Å². The molecule has 0 fully saturated rings. The van der Waals surface area contributed by atoms with Gasteiger partial charge in [0.15, 0.2) is 11.6 Å². The van der Waals surface area contributed by atoms with Crippen LogP contribution >= 0.6 is 11.6 Å². The fourth-order valence-electron chi connectivity index (χ4n) is 1.58. The minimum absolute atomic E-state index is 0.0486. The van der Waals surface area contributed by atoms with Crippen LogP contribution in [0.15, 0.2) is 36.4 Å². The second-order valence-corrected chi connectivity index (χ2v) is 4.47. The van der Waals surface area contributed by atoms with Gasteiger partial charge in [0.25, 0.3) is 0 Å². The van der Waals surface area contributed by atoms with Crippen LogP contribution in [-0.2, 0) is 6.61 Å². The molecule has 0 saturated heterocycles. The highest BCUT2D eigenvalue weighted by Crippen LogP contribution is 2.25. The van der Waals surface area contributed by atoms with Crippen molar-refractivity contribution in [3.63, 3.8) is 0 Å².